The first-order chi connectivity index (χ1) is 9.11. The molecule has 1 N–H and O–H groups in total. The number of aromatic nitrogens is 1. The highest BCUT2D eigenvalue weighted by atomic mass is 16.2. The van der Waals surface area contributed by atoms with Gasteiger partial charge in [-0.1, -0.05) is 19.4 Å². The van der Waals surface area contributed by atoms with E-state index >= 15 is 0 Å². The van der Waals surface area contributed by atoms with Crippen molar-refractivity contribution in [3.8, 4) is 0 Å². The quantitative estimate of drug-likeness (QED) is 0.880. The highest BCUT2D eigenvalue weighted by Crippen LogP contribution is 2.13. The van der Waals surface area contributed by atoms with Crippen molar-refractivity contribution < 1.29 is 9.59 Å². The van der Waals surface area contributed by atoms with E-state index in [-0.39, 0.29) is 24.4 Å². The van der Waals surface area contributed by atoms with E-state index < -0.39 is 0 Å². The maximum Gasteiger partial charge on any atom is 0.245 e. The van der Waals surface area contributed by atoms with Gasteiger partial charge in [0.2, 0.25) is 11.8 Å². The summed E-state index contributed by atoms with van der Waals surface area (Å²) in [5, 5.41) is 2.75. The number of piperazine rings is 1. The monoisotopic (exact) mass is 261 g/mol. The Balaban J connectivity index is 2.12. The lowest BCUT2D eigenvalue weighted by atomic mass is 10.1. The fourth-order valence-electron chi connectivity index (χ4n) is 2.26. The smallest absolute Gasteiger partial charge is 0.245 e. The zero-order valence-corrected chi connectivity index (χ0v) is 11.3. The largest absolute Gasteiger partial charge is 0.343 e. The number of nitrogens with one attached hydrogen (secondary N) is 1. The Morgan fingerprint density at radius 2 is 2.26 bits per heavy atom. The number of hydrogen-bond donors (Lipinski definition) is 1. The molecule has 1 unspecified atom stereocenters. The molecule has 0 aliphatic carbocycles. The van der Waals surface area contributed by atoms with E-state index in [1.54, 1.807) is 11.1 Å². The molecule has 2 heterocycles. The molecule has 0 spiro atoms. The van der Waals surface area contributed by atoms with Crippen molar-refractivity contribution in [1.29, 1.82) is 0 Å². The predicted molar refractivity (Wildman–Crippen MR) is 71.2 cm³/mol. The topological polar surface area (TPSA) is 62.3 Å². The number of rotatable bonds is 4. The van der Waals surface area contributed by atoms with Gasteiger partial charge < -0.3 is 10.2 Å². The zero-order chi connectivity index (χ0) is 13.8. The van der Waals surface area contributed by atoms with Crippen LogP contribution in [0.5, 0.6) is 0 Å². The second-order valence-corrected chi connectivity index (χ2v) is 4.87. The van der Waals surface area contributed by atoms with Crippen LogP contribution >= 0.6 is 0 Å². The molecule has 2 amide bonds. The number of nitrogens with zero attached hydrogens (tertiary/aromatic N) is 2. The lowest BCUT2D eigenvalue weighted by Crippen LogP contribution is -2.57. The molecule has 1 aromatic rings. The predicted octanol–water partition coefficient (Wildman–Crippen LogP) is 1.02. The van der Waals surface area contributed by atoms with Gasteiger partial charge >= 0.3 is 0 Å². The summed E-state index contributed by atoms with van der Waals surface area (Å²) in [6.45, 7) is 4.48. The second kappa shape index (κ2) is 5.82. The minimum atomic E-state index is -0.379. The third kappa shape index (κ3) is 3.10. The van der Waals surface area contributed by atoms with Crippen molar-refractivity contribution >= 4 is 11.8 Å². The van der Waals surface area contributed by atoms with Gasteiger partial charge in [0.25, 0.3) is 0 Å². The summed E-state index contributed by atoms with van der Waals surface area (Å²) < 4.78 is 0. The molecule has 1 saturated heterocycles. The van der Waals surface area contributed by atoms with Crippen molar-refractivity contribution in [1.82, 2.24) is 15.2 Å². The molecule has 0 radical (unpaired) electrons. The van der Waals surface area contributed by atoms with Gasteiger partial charge in [-0.25, -0.2) is 0 Å². The van der Waals surface area contributed by atoms with Crippen LogP contribution in [0.25, 0.3) is 0 Å². The number of carbonyl (C=O) groups is 2. The van der Waals surface area contributed by atoms with Gasteiger partial charge in [0, 0.05) is 6.20 Å². The van der Waals surface area contributed by atoms with Gasteiger partial charge in [-0.3, -0.25) is 14.6 Å². The van der Waals surface area contributed by atoms with Crippen LogP contribution in [0.15, 0.2) is 18.3 Å². The van der Waals surface area contributed by atoms with Crippen LogP contribution in [0.2, 0.25) is 0 Å². The van der Waals surface area contributed by atoms with Crippen LogP contribution in [0.3, 0.4) is 0 Å². The number of carbonyl (C=O) groups excluding carboxylic acids is 2. The minimum Gasteiger partial charge on any atom is -0.343 e. The molecule has 102 valence electrons. The molecule has 1 atom stereocenters. The number of aryl methyl sites for hydroxylation is 1. The molecular formula is C14H19N3O2. The first-order valence-electron chi connectivity index (χ1n) is 6.60. The molecule has 0 bridgehead atoms. The summed E-state index contributed by atoms with van der Waals surface area (Å²) >= 11 is 0. The average Bonchev–Trinajstić information content (AvgIpc) is 2.38. The van der Waals surface area contributed by atoms with Crippen LogP contribution in [0.1, 0.15) is 31.0 Å². The minimum absolute atomic E-state index is 0.00787. The van der Waals surface area contributed by atoms with Crippen LogP contribution < -0.4 is 5.32 Å². The van der Waals surface area contributed by atoms with Crippen molar-refractivity contribution in [2.45, 2.75) is 39.3 Å². The Kier molecular flexibility index (Phi) is 4.14. The van der Waals surface area contributed by atoms with Gasteiger partial charge in [-0.05, 0) is 25.0 Å². The Morgan fingerprint density at radius 3 is 2.95 bits per heavy atom. The molecule has 0 saturated carbocycles. The van der Waals surface area contributed by atoms with E-state index in [9.17, 15) is 9.59 Å². The van der Waals surface area contributed by atoms with Crippen molar-refractivity contribution in [2.24, 2.45) is 0 Å². The van der Waals surface area contributed by atoms with Gasteiger partial charge in [-0.15, -0.1) is 0 Å². The molecule has 5 heteroatoms. The summed E-state index contributed by atoms with van der Waals surface area (Å²) in [5.41, 5.74) is 1.88. The van der Waals surface area contributed by atoms with E-state index in [0.717, 1.165) is 17.7 Å². The standard InChI is InChI=1S/C14H19N3O2/c1-3-5-11-14(19)17(9-13(18)16-11)8-12-10(2)6-4-7-15-12/h4,6-7,11H,3,5,8-9H2,1-2H3,(H,16,18). The Morgan fingerprint density at radius 1 is 1.47 bits per heavy atom. The van der Waals surface area contributed by atoms with Crippen molar-refractivity contribution in [2.75, 3.05) is 6.54 Å². The highest BCUT2D eigenvalue weighted by molar-refractivity contribution is 5.94. The lowest BCUT2D eigenvalue weighted by molar-refractivity contribution is -0.145. The average molecular weight is 261 g/mol. The van der Waals surface area contributed by atoms with Crippen LogP contribution in [0, 0.1) is 6.92 Å². The Bertz CT molecular complexity index is 487. The third-order valence-corrected chi connectivity index (χ3v) is 3.32. The molecule has 1 aliphatic heterocycles. The van der Waals surface area contributed by atoms with E-state index in [2.05, 4.69) is 10.3 Å². The summed E-state index contributed by atoms with van der Waals surface area (Å²) in [5.74, 6) is -0.0989. The van der Waals surface area contributed by atoms with Crippen molar-refractivity contribution in [3.63, 3.8) is 0 Å². The number of amides is 2. The van der Waals surface area contributed by atoms with Crippen LogP contribution in [-0.4, -0.2) is 34.3 Å². The highest BCUT2D eigenvalue weighted by Gasteiger charge is 2.32. The lowest BCUT2D eigenvalue weighted by Gasteiger charge is -2.32. The fraction of sp³-hybridized carbons (Fsp3) is 0.500. The van der Waals surface area contributed by atoms with Crippen LogP contribution in [-0.2, 0) is 16.1 Å². The van der Waals surface area contributed by atoms with E-state index in [1.165, 1.54) is 0 Å². The van der Waals surface area contributed by atoms with Gasteiger partial charge in [-0.2, -0.15) is 0 Å². The SMILES string of the molecule is CCCC1NC(=O)CN(Cc2ncccc2C)C1=O. The first-order valence-corrected chi connectivity index (χ1v) is 6.60. The summed E-state index contributed by atoms with van der Waals surface area (Å²) in [4.78, 5) is 29.8. The molecular weight excluding hydrogens is 242 g/mol. The molecule has 2 rings (SSSR count). The maximum absolute atomic E-state index is 12.3. The molecule has 0 aromatic carbocycles. The Hall–Kier alpha value is -1.91. The molecule has 1 aromatic heterocycles. The summed E-state index contributed by atoms with van der Waals surface area (Å²) in [6, 6.07) is 3.44. The fourth-order valence-corrected chi connectivity index (χ4v) is 2.26. The molecule has 1 fully saturated rings. The molecule has 1 aliphatic rings. The van der Waals surface area contributed by atoms with Crippen molar-refractivity contribution in [3.05, 3.63) is 29.6 Å². The Labute approximate surface area is 113 Å². The molecule has 19 heavy (non-hydrogen) atoms. The molecule has 5 nitrogen and oxygen atoms in total. The number of pyridine rings is 1. The normalized spacial score (nSPS) is 19.5. The van der Waals surface area contributed by atoms with Gasteiger partial charge in [0.15, 0.2) is 0 Å². The summed E-state index contributed by atoms with van der Waals surface area (Å²) in [6.07, 6.45) is 3.26. The zero-order valence-electron chi connectivity index (χ0n) is 11.3. The second-order valence-electron chi connectivity index (χ2n) is 4.87. The first kappa shape index (κ1) is 13.5. The van der Waals surface area contributed by atoms with Gasteiger partial charge in [0.05, 0.1) is 12.2 Å². The van der Waals surface area contributed by atoms with Crippen LogP contribution in [0.4, 0.5) is 0 Å². The summed E-state index contributed by atoms with van der Waals surface area (Å²) in [7, 11) is 0. The maximum atomic E-state index is 12.3. The van der Waals surface area contributed by atoms with Gasteiger partial charge in [0.1, 0.15) is 12.6 Å². The van der Waals surface area contributed by atoms with E-state index in [0.29, 0.717) is 13.0 Å². The number of hydrogen-bond acceptors (Lipinski definition) is 3. The third-order valence-electron chi connectivity index (χ3n) is 3.32. The van der Waals surface area contributed by atoms with E-state index in [1.807, 2.05) is 26.0 Å². The van der Waals surface area contributed by atoms with E-state index in [4.69, 9.17) is 0 Å².